The van der Waals surface area contributed by atoms with Gasteiger partial charge in [-0.05, 0) is 31.2 Å². The van der Waals surface area contributed by atoms with Gasteiger partial charge in [0.25, 0.3) is 0 Å². The molecule has 0 radical (unpaired) electrons. The van der Waals surface area contributed by atoms with Gasteiger partial charge in [-0.2, -0.15) is 0 Å². The Morgan fingerprint density at radius 3 is 2.62 bits per heavy atom. The van der Waals surface area contributed by atoms with Crippen molar-refractivity contribution in [2.75, 3.05) is 43.4 Å². The number of nitrogens with zero attached hydrogens (tertiary/aromatic N) is 3. The molecule has 1 aromatic carbocycles. The Kier molecular flexibility index (Phi) is 5.98. The monoisotopic (exact) mass is 363 g/mol. The zero-order valence-corrected chi connectivity index (χ0v) is 15.3. The molecule has 7 heteroatoms. The van der Waals surface area contributed by atoms with Crippen LogP contribution >= 0.6 is 23.1 Å². The van der Waals surface area contributed by atoms with E-state index in [9.17, 15) is 4.79 Å². The molecule has 0 saturated carbocycles. The van der Waals surface area contributed by atoms with Crippen LogP contribution in [0.2, 0.25) is 0 Å². The fourth-order valence-corrected chi connectivity index (χ4v) is 4.05. The number of hydrogen-bond acceptors (Lipinski definition) is 6. The summed E-state index contributed by atoms with van der Waals surface area (Å²) in [6, 6.07) is 7.90. The van der Waals surface area contributed by atoms with Crippen molar-refractivity contribution in [3.05, 3.63) is 35.8 Å². The van der Waals surface area contributed by atoms with Crippen molar-refractivity contribution in [1.29, 1.82) is 0 Å². The van der Waals surface area contributed by atoms with Gasteiger partial charge >= 0.3 is 0 Å². The molecule has 2 heterocycles. The minimum Gasteiger partial charge on any atom is -0.494 e. The average molecular weight is 364 g/mol. The van der Waals surface area contributed by atoms with Crippen molar-refractivity contribution in [2.45, 2.75) is 11.8 Å². The van der Waals surface area contributed by atoms with E-state index in [-0.39, 0.29) is 5.91 Å². The van der Waals surface area contributed by atoms with Crippen LogP contribution in [0.25, 0.3) is 0 Å². The van der Waals surface area contributed by atoms with E-state index in [0.29, 0.717) is 12.4 Å². The maximum absolute atomic E-state index is 12.4. The normalized spacial score (nSPS) is 14.7. The molecule has 3 rings (SSSR count). The van der Waals surface area contributed by atoms with Gasteiger partial charge in [0.2, 0.25) is 5.91 Å². The van der Waals surface area contributed by atoms with Crippen LogP contribution in [0.1, 0.15) is 6.92 Å². The highest BCUT2D eigenvalue weighted by atomic mass is 32.2. The molecule has 1 fully saturated rings. The first-order valence-electron chi connectivity index (χ1n) is 8.04. The van der Waals surface area contributed by atoms with E-state index >= 15 is 0 Å². The third kappa shape index (κ3) is 4.42. The van der Waals surface area contributed by atoms with Crippen LogP contribution in [0.5, 0.6) is 5.75 Å². The highest BCUT2D eigenvalue weighted by Gasteiger charge is 2.22. The lowest BCUT2D eigenvalue weighted by Gasteiger charge is -2.34. The van der Waals surface area contributed by atoms with Crippen LogP contribution in [-0.4, -0.2) is 54.3 Å². The molecule has 2 aromatic rings. The van der Waals surface area contributed by atoms with E-state index < -0.39 is 0 Å². The summed E-state index contributed by atoms with van der Waals surface area (Å²) in [5.41, 5.74) is 0. The molecule has 128 valence electrons. The summed E-state index contributed by atoms with van der Waals surface area (Å²) in [5.74, 6) is 1.55. The summed E-state index contributed by atoms with van der Waals surface area (Å²) >= 11 is 3.23. The lowest BCUT2D eigenvalue weighted by molar-refractivity contribution is -0.128. The van der Waals surface area contributed by atoms with Crippen LogP contribution in [0, 0.1) is 0 Å². The molecule has 1 aliphatic heterocycles. The van der Waals surface area contributed by atoms with Crippen LogP contribution in [-0.2, 0) is 4.79 Å². The first-order chi connectivity index (χ1) is 11.8. The molecule has 0 N–H and O–H groups in total. The Balaban J connectivity index is 1.44. The Morgan fingerprint density at radius 1 is 1.25 bits per heavy atom. The number of amides is 1. The molecular formula is C17H21N3O2S2. The van der Waals surface area contributed by atoms with Crippen LogP contribution in [0.4, 0.5) is 5.13 Å². The lowest BCUT2D eigenvalue weighted by atomic mass is 10.3. The molecule has 1 aliphatic rings. The number of thiazole rings is 1. The number of hydrogen-bond donors (Lipinski definition) is 0. The standard InChI is InChI=1S/C17H21N3O2S2/c1-2-22-14-3-5-15(6-4-14)24-13-16(21)19-8-10-20(11-9-19)17-18-7-12-23-17/h3-7,12H,2,8-11,13H2,1H3. The first kappa shape index (κ1) is 17.1. The lowest BCUT2D eigenvalue weighted by Crippen LogP contribution is -2.49. The van der Waals surface area contributed by atoms with Crippen molar-refractivity contribution in [1.82, 2.24) is 9.88 Å². The number of thioether (sulfide) groups is 1. The number of piperazine rings is 1. The van der Waals surface area contributed by atoms with E-state index in [2.05, 4.69) is 9.88 Å². The number of rotatable bonds is 6. The van der Waals surface area contributed by atoms with Crippen molar-refractivity contribution in [2.24, 2.45) is 0 Å². The molecule has 0 spiro atoms. The maximum Gasteiger partial charge on any atom is 0.233 e. The number of ether oxygens (including phenoxy) is 1. The van der Waals surface area contributed by atoms with E-state index in [4.69, 9.17) is 4.74 Å². The van der Waals surface area contributed by atoms with Gasteiger partial charge in [-0.3, -0.25) is 4.79 Å². The minimum absolute atomic E-state index is 0.202. The Labute approximate surface area is 150 Å². The topological polar surface area (TPSA) is 45.7 Å². The van der Waals surface area contributed by atoms with Crippen LogP contribution < -0.4 is 9.64 Å². The number of benzene rings is 1. The molecule has 1 amide bonds. The first-order valence-corrected chi connectivity index (χ1v) is 9.90. The molecule has 1 saturated heterocycles. The fraction of sp³-hybridized carbons (Fsp3) is 0.412. The molecular weight excluding hydrogens is 342 g/mol. The second-order valence-electron chi connectivity index (χ2n) is 5.38. The van der Waals surface area contributed by atoms with E-state index in [0.717, 1.165) is 42.0 Å². The minimum atomic E-state index is 0.202. The molecule has 0 atom stereocenters. The summed E-state index contributed by atoms with van der Waals surface area (Å²) in [6.07, 6.45) is 1.82. The number of aromatic nitrogens is 1. The van der Waals surface area contributed by atoms with Gasteiger partial charge in [0.1, 0.15) is 5.75 Å². The van der Waals surface area contributed by atoms with E-state index in [1.54, 1.807) is 23.1 Å². The SMILES string of the molecule is CCOc1ccc(SCC(=O)N2CCN(c3nccs3)CC2)cc1. The second-order valence-corrected chi connectivity index (χ2v) is 7.30. The third-order valence-corrected chi connectivity index (χ3v) is 5.65. The molecule has 0 aliphatic carbocycles. The maximum atomic E-state index is 12.4. The van der Waals surface area contributed by atoms with Crippen molar-refractivity contribution in [3.63, 3.8) is 0 Å². The van der Waals surface area contributed by atoms with Gasteiger partial charge in [-0.1, -0.05) is 0 Å². The van der Waals surface area contributed by atoms with Gasteiger partial charge in [0, 0.05) is 42.7 Å². The number of carbonyl (C=O) groups excluding carboxylic acids is 1. The Hall–Kier alpha value is -1.73. The zero-order valence-electron chi connectivity index (χ0n) is 13.7. The van der Waals surface area contributed by atoms with Gasteiger partial charge in [-0.15, -0.1) is 23.1 Å². The molecule has 0 bridgehead atoms. The number of anilines is 1. The largest absolute Gasteiger partial charge is 0.494 e. The summed E-state index contributed by atoms with van der Waals surface area (Å²) in [6.45, 7) is 5.87. The quantitative estimate of drug-likeness (QED) is 0.739. The second kappa shape index (κ2) is 8.39. The van der Waals surface area contributed by atoms with Gasteiger partial charge in [0.05, 0.1) is 12.4 Å². The summed E-state index contributed by atoms with van der Waals surface area (Å²) in [7, 11) is 0. The Bertz CT molecular complexity index is 638. The van der Waals surface area contributed by atoms with E-state index in [1.165, 1.54) is 0 Å². The van der Waals surface area contributed by atoms with Crippen molar-refractivity contribution < 1.29 is 9.53 Å². The zero-order chi connectivity index (χ0) is 16.8. The van der Waals surface area contributed by atoms with Crippen molar-refractivity contribution >= 4 is 34.1 Å². The van der Waals surface area contributed by atoms with Gasteiger partial charge in [-0.25, -0.2) is 4.98 Å². The summed E-state index contributed by atoms with van der Waals surface area (Å²) < 4.78 is 5.43. The summed E-state index contributed by atoms with van der Waals surface area (Å²) in [4.78, 5) is 22.0. The molecule has 0 unspecified atom stereocenters. The van der Waals surface area contributed by atoms with Crippen LogP contribution in [0.3, 0.4) is 0 Å². The van der Waals surface area contributed by atoms with E-state index in [1.807, 2.05) is 47.7 Å². The predicted octanol–water partition coefficient (Wildman–Crippen LogP) is 2.98. The average Bonchev–Trinajstić information content (AvgIpc) is 3.16. The van der Waals surface area contributed by atoms with Gasteiger partial charge < -0.3 is 14.5 Å². The Morgan fingerprint density at radius 2 is 2.00 bits per heavy atom. The van der Waals surface area contributed by atoms with Crippen molar-refractivity contribution in [3.8, 4) is 5.75 Å². The fourth-order valence-electron chi connectivity index (χ4n) is 2.55. The highest BCUT2D eigenvalue weighted by Crippen LogP contribution is 2.23. The third-order valence-electron chi connectivity index (χ3n) is 3.82. The highest BCUT2D eigenvalue weighted by molar-refractivity contribution is 8.00. The smallest absolute Gasteiger partial charge is 0.233 e. The molecule has 1 aromatic heterocycles. The number of carbonyl (C=O) groups is 1. The molecule has 5 nitrogen and oxygen atoms in total. The molecule has 24 heavy (non-hydrogen) atoms. The van der Waals surface area contributed by atoms with Crippen LogP contribution in [0.15, 0.2) is 40.7 Å². The van der Waals surface area contributed by atoms with Gasteiger partial charge in [0.15, 0.2) is 5.13 Å². The summed E-state index contributed by atoms with van der Waals surface area (Å²) in [5, 5.41) is 3.03. The predicted molar refractivity (Wildman–Crippen MR) is 99.2 cm³/mol.